The van der Waals surface area contributed by atoms with Gasteiger partial charge in [0.1, 0.15) is 12.7 Å². The summed E-state index contributed by atoms with van der Waals surface area (Å²) in [6.45, 7) is 10.3. The van der Waals surface area contributed by atoms with Crippen LogP contribution in [-0.4, -0.2) is 102 Å². The van der Waals surface area contributed by atoms with Crippen molar-refractivity contribution in [3.8, 4) is 56.4 Å². The van der Waals surface area contributed by atoms with Gasteiger partial charge in [0.15, 0.2) is 0 Å². The second-order valence-electron chi connectivity index (χ2n) is 19.1. The van der Waals surface area contributed by atoms with Gasteiger partial charge in [-0.15, -0.1) is 0 Å². The second-order valence-corrected chi connectivity index (χ2v) is 20.0. The standard InChI is InChI=1S/C27H24ClN7O.C26H27ClN6O2.C2H6/c28-20-6-7-24-23(11-20)26-18(13-34(32-26)16-22-5-3-9-36-22)10-25-27(30-17-35(24)25)19-12-31-33(14-19)15-21-4-1-2-8-29-21;27-20-1-2-23-22(10-20)25-18(14-33(30-25)21-5-8-35-15-21)9-24-26(28-16-32(23)24)19-11-29-31(13-19)12-17-3-6-34-7-4-17;1-2/h1-2,4,6-8,11-14,17,22H,3,5,9-10,15-16H2;1-2,10-11,13-14,16-17,21H,3-9,12,15H2;1-2H3. The van der Waals surface area contributed by atoms with Crippen molar-refractivity contribution < 1.29 is 14.2 Å². The first-order valence-corrected chi connectivity index (χ1v) is 26.3. The number of rotatable bonds is 9. The SMILES string of the molecule is CC.Clc1ccc2c(c1)-c1nn(C3CCOC3)cc1Cc1c(-c3cnn(CC4CCOCC4)c3)ncn1-2.Clc1ccc2c(c1)-c1nn(CC3CCCO3)cc1Cc1c(-c3cnn(Cc4ccccn4)c3)ncn1-2. The summed E-state index contributed by atoms with van der Waals surface area (Å²) in [5.41, 5.74) is 15.5. The molecule has 3 fully saturated rings. The van der Waals surface area contributed by atoms with Gasteiger partial charge in [0.2, 0.25) is 0 Å². The fraction of sp³-hybridized carbons (Fsp3) is 0.364. The number of halogens is 2. The number of imidazole rings is 2. The van der Waals surface area contributed by atoms with Crippen LogP contribution in [0.25, 0.3) is 56.4 Å². The van der Waals surface area contributed by atoms with Crippen LogP contribution < -0.4 is 0 Å². The zero-order valence-electron chi connectivity index (χ0n) is 41.0. The predicted octanol–water partition coefficient (Wildman–Crippen LogP) is 10.4. The lowest BCUT2D eigenvalue weighted by Crippen LogP contribution is -2.20. The third-order valence-corrected chi connectivity index (χ3v) is 14.9. The van der Waals surface area contributed by atoms with Crippen molar-refractivity contribution >= 4 is 23.2 Å². The summed E-state index contributed by atoms with van der Waals surface area (Å²) in [4.78, 5) is 14.1. The van der Waals surface area contributed by atoms with E-state index in [1.807, 2.05) is 103 Å². The maximum Gasteiger partial charge on any atom is 0.100 e. The number of ether oxygens (including phenoxy) is 3. The molecule has 374 valence electrons. The Kier molecular flexibility index (Phi) is 13.4. The number of benzene rings is 2. The zero-order chi connectivity index (χ0) is 49.4. The predicted molar refractivity (Wildman–Crippen MR) is 279 cm³/mol. The Morgan fingerprint density at radius 2 is 1.27 bits per heavy atom. The van der Waals surface area contributed by atoms with Crippen molar-refractivity contribution in [2.45, 2.75) is 90.6 Å². The van der Waals surface area contributed by atoms with Gasteiger partial charge in [0.05, 0.1) is 95.5 Å². The lowest BCUT2D eigenvalue weighted by Gasteiger charge is -2.21. The molecule has 9 aromatic rings. The second kappa shape index (κ2) is 20.7. The molecule has 0 N–H and O–H groups in total. The highest BCUT2D eigenvalue weighted by Gasteiger charge is 2.30. The van der Waals surface area contributed by atoms with Crippen LogP contribution in [0.4, 0.5) is 0 Å². The van der Waals surface area contributed by atoms with Crippen molar-refractivity contribution in [2.75, 3.05) is 33.0 Å². The molecule has 0 amide bonds. The summed E-state index contributed by atoms with van der Waals surface area (Å²) in [6, 6.07) is 18.2. The van der Waals surface area contributed by atoms with Crippen molar-refractivity contribution in [1.29, 1.82) is 0 Å². The third-order valence-electron chi connectivity index (χ3n) is 14.4. The van der Waals surface area contributed by atoms with E-state index in [9.17, 15) is 0 Å². The average Bonchev–Trinajstić information content (AvgIpc) is 4.28. The molecule has 2 aromatic carbocycles. The Balaban J connectivity index is 0.000000144. The molecule has 12 heterocycles. The van der Waals surface area contributed by atoms with E-state index in [-0.39, 0.29) is 12.1 Å². The van der Waals surface area contributed by atoms with Crippen molar-refractivity contribution in [3.05, 3.63) is 149 Å². The van der Waals surface area contributed by atoms with E-state index >= 15 is 0 Å². The van der Waals surface area contributed by atoms with Gasteiger partial charge in [-0.3, -0.25) is 23.7 Å². The molecule has 18 heteroatoms. The van der Waals surface area contributed by atoms with Gasteiger partial charge in [0.25, 0.3) is 0 Å². The summed E-state index contributed by atoms with van der Waals surface area (Å²) in [5, 5.41) is 20.7. The van der Waals surface area contributed by atoms with Crippen LogP contribution in [0, 0.1) is 5.92 Å². The molecule has 0 aliphatic carbocycles. The summed E-state index contributed by atoms with van der Waals surface area (Å²) in [5.74, 6) is 0.611. The van der Waals surface area contributed by atoms with Crippen molar-refractivity contribution in [1.82, 2.24) is 63.2 Å². The van der Waals surface area contributed by atoms with Crippen molar-refractivity contribution in [3.63, 3.8) is 0 Å². The molecule has 16 nitrogen and oxygen atoms in total. The van der Waals surface area contributed by atoms with Crippen LogP contribution in [0.2, 0.25) is 10.0 Å². The van der Waals surface area contributed by atoms with Crippen molar-refractivity contribution in [2.24, 2.45) is 5.92 Å². The molecule has 5 aliphatic heterocycles. The number of pyridine rings is 1. The van der Waals surface area contributed by atoms with E-state index in [2.05, 4.69) is 58.3 Å². The lowest BCUT2D eigenvalue weighted by atomic mass is 10.0. The molecule has 0 spiro atoms. The molecule has 7 aromatic heterocycles. The van der Waals surface area contributed by atoms with E-state index in [1.54, 1.807) is 6.20 Å². The van der Waals surface area contributed by atoms with Crippen LogP contribution in [0.1, 0.15) is 80.2 Å². The minimum absolute atomic E-state index is 0.221. The molecule has 5 aliphatic rings. The number of hydrogen-bond acceptors (Lipinski definition) is 10. The Morgan fingerprint density at radius 3 is 1.92 bits per heavy atom. The zero-order valence-corrected chi connectivity index (χ0v) is 42.5. The highest BCUT2D eigenvalue weighted by atomic mass is 35.5. The van der Waals surface area contributed by atoms with Gasteiger partial charge in [-0.1, -0.05) is 43.1 Å². The minimum Gasteiger partial charge on any atom is -0.381 e. The molecule has 2 atom stereocenters. The Hall–Kier alpha value is -6.69. The number of aromatic nitrogens is 13. The van der Waals surface area contributed by atoms with Gasteiger partial charge in [0, 0.05) is 120 Å². The van der Waals surface area contributed by atoms with E-state index in [1.165, 1.54) is 5.56 Å². The van der Waals surface area contributed by atoms with Crippen LogP contribution >= 0.6 is 23.2 Å². The van der Waals surface area contributed by atoms with Gasteiger partial charge in [-0.05, 0) is 86.6 Å². The molecule has 0 radical (unpaired) electrons. The minimum atomic E-state index is 0.221. The number of fused-ring (bicyclic) bond motifs is 10. The van der Waals surface area contributed by atoms with E-state index in [0.29, 0.717) is 35.5 Å². The van der Waals surface area contributed by atoms with E-state index in [0.717, 1.165) is 157 Å². The molecule has 3 saturated heterocycles. The van der Waals surface area contributed by atoms with E-state index < -0.39 is 0 Å². The highest BCUT2D eigenvalue weighted by Crippen LogP contribution is 2.41. The topological polar surface area (TPSA) is 148 Å². The maximum atomic E-state index is 6.44. The van der Waals surface area contributed by atoms with E-state index in [4.69, 9.17) is 57.6 Å². The summed E-state index contributed by atoms with van der Waals surface area (Å²) in [6.07, 6.45) is 24.9. The van der Waals surface area contributed by atoms with Crippen LogP contribution in [-0.2, 0) is 46.7 Å². The van der Waals surface area contributed by atoms with Gasteiger partial charge in [-0.2, -0.15) is 20.4 Å². The van der Waals surface area contributed by atoms with Gasteiger partial charge < -0.3 is 23.3 Å². The summed E-state index contributed by atoms with van der Waals surface area (Å²) in [7, 11) is 0. The quantitative estimate of drug-likeness (QED) is 0.137. The fourth-order valence-electron chi connectivity index (χ4n) is 10.8. The molecule has 0 bridgehead atoms. The molecule has 14 rings (SSSR count). The summed E-state index contributed by atoms with van der Waals surface area (Å²) >= 11 is 12.9. The fourth-order valence-corrected chi connectivity index (χ4v) is 11.1. The average molecular weight is 1020 g/mol. The Labute approximate surface area is 433 Å². The first kappa shape index (κ1) is 47.3. The number of nitrogens with zero attached hydrogens (tertiary/aromatic N) is 13. The van der Waals surface area contributed by atoms with Crippen LogP contribution in [0.3, 0.4) is 0 Å². The van der Waals surface area contributed by atoms with Crippen LogP contribution in [0.5, 0.6) is 0 Å². The first-order valence-electron chi connectivity index (χ1n) is 25.5. The maximum absolute atomic E-state index is 6.44. The molecule has 2 unspecified atom stereocenters. The molecule has 73 heavy (non-hydrogen) atoms. The smallest absolute Gasteiger partial charge is 0.100 e. The van der Waals surface area contributed by atoms with Gasteiger partial charge >= 0.3 is 0 Å². The summed E-state index contributed by atoms with van der Waals surface area (Å²) < 4.78 is 29.4. The Bertz CT molecular complexity index is 3370. The molecule has 0 saturated carbocycles. The molecular weight excluding hydrogens is 962 g/mol. The largest absolute Gasteiger partial charge is 0.381 e. The Morgan fingerprint density at radius 1 is 0.616 bits per heavy atom. The highest BCUT2D eigenvalue weighted by molar-refractivity contribution is 6.31. The normalized spacial score (nSPS) is 17.7. The van der Waals surface area contributed by atoms with Crippen LogP contribution in [0.15, 0.2) is 111 Å². The lowest BCUT2D eigenvalue weighted by molar-refractivity contribution is 0.0601. The molecular formula is C55H57Cl2N13O3. The first-order chi connectivity index (χ1) is 35.9. The third kappa shape index (κ3) is 9.58. The number of hydrogen-bond donors (Lipinski definition) is 0. The monoisotopic (exact) mass is 1020 g/mol. The van der Waals surface area contributed by atoms with Gasteiger partial charge in [-0.25, -0.2) is 9.97 Å².